The number of carbonyl (C=O) groups excluding carboxylic acids is 1. The van der Waals surface area contributed by atoms with Crippen LogP contribution in [0.2, 0.25) is 0 Å². The Bertz CT molecular complexity index is 410. The Morgan fingerprint density at radius 2 is 1.89 bits per heavy atom. The van der Waals surface area contributed by atoms with Crippen molar-refractivity contribution in [2.45, 2.75) is 33.6 Å². The smallest absolute Gasteiger partial charge is 0.162 e. The van der Waals surface area contributed by atoms with Gasteiger partial charge in [-0.2, -0.15) is 0 Å². The predicted molar refractivity (Wildman–Crippen MR) is 76.2 cm³/mol. The first kappa shape index (κ1) is 13.1. The first-order valence-corrected chi connectivity index (χ1v) is 7.00. The highest BCUT2D eigenvalue weighted by atomic mass is 16.1. The maximum absolute atomic E-state index is 11.6. The molecule has 0 amide bonds. The van der Waals surface area contributed by atoms with Crippen LogP contribution in [0, 0.1) is 11.8 Å². The van der Waals surface area contributed by atoms with Gasteiger partial charge in [0, 0.05) is 30.8 Å². The summed E-state index contributed by atoms with van der Waals surface area (Å²) in [5.41, 5.74) is 2.08. The van der Waals surface area contributed by atoms with Gasteiger partial charge in [0.15, 0.2) is 5.78 Å². The van der Waals surface area contributed by atoms with Crippen molar-refractivity contribution >= 4 is 11.5 Å². The summed E-state index contributed by atoms with van der Waals surface area (Å²) in [5.74, 6) is 1.79. The molecule has 0 aromatic heterocycles. The van der Waals surface area contributed by atoms with E-state index in [1.54, 1.807) is 0 Å². The Kier molecular flexibility index (Phi) is 4.05. The summed E-state index contributed by atoms with van der Waals surface area (Å²) in [6, 6.07) is 8.10. The molecule has 1 aromatic rings. The fraction of sp³-hybridized carbons (Fsp3) is 0.562. The molecule has 0 saturated carbocycles. The maximum atomic E-state index is 11.6. The highest BCUT2D eigenvalue weighted by Gasteiger charge is 2.22. The Morgan fingerprint density at radius 3 is 2.44 bits per heavy atom. The number of nitrogens with zero attached hydrogens (tertiary/aromatic N) is 1. The van der Waals surface area contributed by atoms with Crippen LogP contribution in [0.1, 0.15) is 44.0 Å². The molecule has 1 aliphatic heterocycles. The van der Waals surface area contributed by atoms with Crippen molar-refractivity contribution in [3.05, 3.63) is 29.8 Å². The van der Waals surface area contributed by atoms with Gasteiger partial charge in [-0.15, -0.1) is 0 Å². The van der Waals surface area contributed by atoms with E-state index in [2.05, 4.69) is 30.9 Å². The van der Waals surface area contributed by atoms with Crippen molar-refractivity contribution < 1.29 is 4.79 Å². The van der Waals surface area contributed by atoms with Gasteiger partial charge in [-0.25, -0.2) is 0 Å². The second-order valence-electron chi connectivity index (χ2n) is 5.51. The minimum absolute atomic E-state index is 0.224. The van der Waals surface area contributed by atoms with Crippen LogP contribution in [0.3, 0.4) is 0 Å². The van der Waals surface area contributed by atoms with Crippen molar-refractivity contribution in [2.24, 2.45) is 11.8 Å². The third-order valence-corrected chi connectivity index (χ3v) is 4.21. The zero-order chi connectivity index (χ0) is 13.1. The maximum Gasteiger partial charge on any atom is 0.162 e. The largest absolute Gasteiger partial charge is 0.371 e. The van der Waals surface area contributed by atoms with E-state index in [1.165, 1.54) is 12.1 Å². The van der Waals surface area contributed by atoms with Gasteiger partial charge in [-0.1, -0.05) is 20.8 Å². The SMILES string of the molecule is CCC(=O)c1ccc(N2CCC(C)C(C)C2)cc1. The molecule has 1 saturated heterocycles. The van der Waals surface area contributed by atoms with E-state index >= 15 is 0 Å². The van der Waals surface area contributed by atoms with Crippen molar-refractivity contribution in [1.29, 1.82) is 0 Å². The zero-order valence-corrected chi connectivity index (χ0v) is 11.6. The fourth-order valence-corrected chi connectivity index (χ4v) is 2.56. The van der Waals surface area contributed by atoms with Crippen LogP contribution < -0.4 is 4.90 Å². The normalized spacial score (nSPS) is 24.1. The number of piperidine rings is 1. The molecule has 0 spiro atoms. The molecule has 1 aliphatic rings. The molecule has 2 unspecified atom stereocenters. The van der Waals surface area contributed by atoms with Gasteiger partial charge in [0.1, 0.15) is 0 Å². The molecular formula is C16H23NO. The van der Waals surface area contributed by atoms with Crippen LogP contribution in [0.4, 0.5) is 5.69 Å². The van der Waals surface area contributed by atoms with Crippen LogP contribution in [-0.2, 0) is 0 Å². The summed E-state index contributed by atoms with van der Waals surface area (Å²) in [6.45, 7) is 8.83. The van der Waals surface area contributed by atoms with Gasteiger partial charge in [0.2, 0.25) is 0 Å². The Hall–Kier alpha value is -1.31. The summed E-state index contributed by atoms with van der Waals surface area (Å²) in [7, 11) is 0. The van der Waals surface area contributed by atoms with E-state index < -0.39 is 0 Å². The van der Waals surface area contributed by atoms with Crippen LogP contribution in [-0.4, -0.2) is 18.9 Å². The third-order valence-electron chi connectivity index (χ3n) is 4.21. The van der Waals surface area contributed by atoms with E-state index in [1.807, 2.05) is 19.1 Å². The van der Waals surface area contributed by atoms with Gasteiger partial charge in [0.05, 0.1) is 0 Å². The minimum atomic E-state index is 0.224. The van der Waals surface area contributed by atoms with E-state index in [0.29, 0.717) is 6.42 Å². The van der Waals surface area contributed by atoms with E-state index in [-0.39, 0.29) is 5.78 Å². The van der Waals surface area contributed by atoms with Gasteiger partial charge >= 0.3 is 0 Å². The molecule has 2 nitrogen and oxygen atoms in total. The van der Waals surface area contributed by atoms with Gasteiger partial charge in [-0.3, -0.25) is 4.79 Å². The van der Waals surface area contributed by atoms with Gasteiger partial charge in [-0.05, 0) is 42.5 Å². The highest BCUT2D eigenvalue weighted by molar-refractivity contribution is 5.96. The lowest BCUT2D eigenvalue weighted by molar-refractivity contribution is 0.0988. The number of benzene rings is 1. The van der Waals surface area contributed by atoms with Gasteiger partial charge in [0.25, 0.3) is 0 Å². The molecule has 1 heterocycles. The predicted octanol–water partition coefficient (Wildman–Crippen LogP) is 3.76. The summed E-state index contributed by atoms with van der Waals surface area (Å²) < 4.78 is 0. The Balaban J connectivity index is 2.08. The number of rotatable bonds is 3. The first-order valence-electron chi connectivity index (χ1n) is 7.00. The molecule has 0 N–H and O–H groups in total. The molecule has 0 radical (unpaired) electrons. The average Bonchev–Trinajstić information content (AvgIpc) is 2.41. The lowest BCUT2D eigenvalue weighted by Gasteiger charge is -2.36. The molecule has 1 fully saturated rings. The lowest BCUT2D eigenvalue weighted by Crippen LogP contribution is -2.38. The quantitative estimate of drug-likeness (QED) is 0.756. The summed E-state index contributed by atoms with van der Waals surface area (Å²) in [6.07, 6.45) is 1.84. The molecule has 2 atom stereocenters. The number of anilines is 1. The lowest BCUT2D eigenvalue weighted by atomic mass is 9.88. The average molecular weight is 245 g/mol. The zero-order valence-electron chi connectivity index (χ0n) is 11.6. The van der Waals surface area contributed by atoms with E-state index in [4.69, 9.17) is 0 Å². The number of carbonyl (C=O) groups is 1. The second kappa shape index (κ2) is 5.55. The van der Waals surface area contributed by atoms with Gasteiger partial charge < -0.3 is 4.90 Å². The fourth-order valence-electron chi connectivity index (χ4n) is 2.56. The second-order valence-corrected chi connectivity index (χ2v) is 5.51. The molecule has 98 valence electrons. The molecule has 1 aromatic carbocycles. The van der Waals surface area contributed by atoms with Crippen LogP contribution in [0.15, 0.2) is 24.3 Å². The summed E-state index contributed by atoms with van der Waals surface area (Å²) in [4.78, 5) is 14.0. The third kappa shape index (κ3) is 2.74. The van der Waals surface area contributed by atoms with Crippen molar-refractivity contribution in [1.82, 2.24) is 0 Å². The topological polar surface area (TPSA) is 20.3 Å². The molecule has 18 heavy (non-hydrogen) atoms. The molecule has 0 aliphatic carbocycles. The van der Waals surface area contributed by atoms with E-state index in [0.717, 1.165) is 30.5 Å². The van der Waals surface area contributed by atoms with Crippen molar-refractivity contribution in [3.63, 3.8) is 0 Å². The molecular weight excluding hydrogens is 222 g/mol. The first-order chi connectivity index (χ1) is 8.61. The number of hydrogen-bond donors (Lipinski definition) is 0. The monoisotopic (exact) mass is 245 g/mol. The Morgan fingerprint density at radius 1 is 1.22 bits per heavy atom. The van der Waals surface area contributed by atoms with E-state index in [9.17, 15) is 4.79 Å². The summed E-state index contributed by atoms with van der Waals surface area (Å²) >= 11 is 0. The highest BCUT2D eigenvalue weighted by Crippen LogP contribution is 2.27. The van der Waals surface area contributed by atoms with Crippen LogP contribution >= 0.6 is 0 Å². The molecule has 2 rings (SSSR count). The Labute approximate surface area is 110 Å². The molecule has 2 heteroatoms. The van der Waals surface area contributed by atoms with Crippen LogP contribution in [0.25, 0.3) is 0 Å². The number of Topliss-reactive ketones (excluding diaryl/α,β-unsaturated/α-hetero) is 1. The summed E-state index contributed by atoms with van der Waals surface area (Å²) in [5, 5.41) is 0. The number of ketones is 1. The van der Waals surface area contributed by atoms with Crippen LogP contribution in [0.5, 0.6) is 0 Å². The minimum Gasteiger partial charge on any atom is -0.371 e. The van der Waals surface area contributed by atoms with Crippen molar-refractivity contribution in [2.75, 3.05) is 18.0 Å². The standard InChI is InChI=1S/C16H23NO/c1-4-16(18)14-5-7-15(8-6-14)17-10-9-12(2)13(3)11-17/h5-8,12-13H,4,9-11H2,1-3H3. The number of hydrogen-bond acceptors (Lipinski definition) is 2. The van der Waals surface area contributed by atoms with Crippen molar-refractivity contribution in [3.8, 4) is 0 Å². The molecule has 0 bridgehead atoms.